The van der Waals surface area contributed by atoms with E-state index >= 15 is 0 Å². The Morgan fingerprint density at radius 3 is 2.68 bits per heavy atom. The molecule has 0 bridgehead atoms. The largest absolute Gasteiger partial charge is 0.353 e. The second kappa shape index (κ2) is 8.86. The zero-order chi connectivity index (χ0) is 20.1. The molecule has 1 heterocycles. The van der Waals surface area contributed by atoms with Crippen LogP contribution in [0.3, 0.4) is 0 Å². The molecule has 0 saturated carbocycles. The van der Waals surface area contributed by atoms with Crippen molar-refractivity contribution < 1.29 is 22.3 Å². The van der Waals surface area contributed by atoms with Crippen LogP contribution in [-0.2, 0) is 19.5 Å². The summed E-state index contributed by atoms with van der Waals surface area (Å²) in [5, 5.41) is 0. The third-order valence-electron chi connectivity index (χ3n) is 4.53. The van der Waals surface area contributed by atoms with E-state index in [1.54, 1.807) is 25.1 Å². The zero-order valence-corrected chi connectivity index (χ0v) is 16.6. The summed E-state index contributed by atoms with van der Waals surface area (Å²) in [6.45, 7) is 6.21. The molecule has 0 amide bonds. The van der Waals surface area contributed by atoms with E-state index in [4.69, 9.17) is 9.47 Å². The van der Waals surface area contributed by atoms with E-state index in [2.05, 4.69) is 6.58 Å². The highest BCUT2D eigenvalue weighted by atomic mass is 32.2. The van der Waals surface area contributed by atoms with Crippen molar-refractivity contribution in [3.63, 3.8) is 0 Å². The number of benzene rings is 2. The molecule has 1 unspecified atom stereocenters. The molecule has 150 valence electrons. The maximum absolute atomic E-state index is 13.9. The number of rotatable bonds is 7. The molecule has 28 heavy (non-hydrogen) atoms. The minimum Gasteiger partial charge on any atom is -0.353 e. The normalized spacial score (nSPS) is 17.3. The fourth-order valence-corrected chi connectivity index (χ4v) is 4.62. The molecule has 0 N–H and O–H groups in total. The molecule has 1 aliphatic rings. The van der Waals surface area contributed by atoms with Crippen LogP contribution < -0.4 is 4.31 Å². The SMILES string of the molecule is C=C(COC1CCCCO1)N(c1cc(F)ccc1C)S(=O)(=O)c1ccccc1. The quantitative estimate of drug-likeness (QED) is 0.686. The lowest BCUT2D eigenvalue weighted by Gasteiger charge is -2.29. The predicted octanol–water partition coefficient (Wildman–Crippen LogP) is 4.39. The van der Waals surface area contributed by atoms with Crippen molar-refractivity contribution in [3.05, 3.63) is 72.2 Å². The standard InChI is InChI=1S/C21H24FNO4S/c1-16-11-12-18(22)14-20(16)23(28(24,25)19-8-4-3-5-9-19)17(2)15-27-21-10-6-7-13-26-21/h3-5,8-9,11-12,14,21H,2,6-7,10,13,15H2,1H3. The molecular formula is C21H24FNO4S. The summed E-state index contributed by atoms with van der Waals surface area (Å²) in [6, 6.07) is 12.0. The summed E-state index contributed by atoms with van der Waals surface area (Å²) in [5.41, 5.74) is 1.00. The summed E-state index contributed by atoms with van der Waals surface area (Å²) in [5.74, 6) is -0.529. The van der Waals surface area contributed by atoms with Crippen LogP contribution in [0.4, 0.5) is 10.1 Å². The second-order valence-corrected chi connectivity index (χ2v) is 8.47. The van der Waals surface area contributed by atoms with Crippen molar-refractivity contribution in [2.75, 3.05) is 17.5 Å². The van der Waals surface area contributed by atoms with E-state index in [0.29, 0.717) is 12.2 Å². The van der Waals surface area contributed by atoms with Gasteiger partial charge in [-0.3, -0.25) is 0 Å². The first-order chi connectivity index (χ1) is 13.4. The van der Waals surface area contributed by atoms with E-state index < -0.39 is 15.8 Å². The summed E-state index contributed by atoms with van der Waals surface area (Å²) >= 11 is 0. The van der Waals surface area contributed by atoms with Crippen LogP contribution in [0.2, 0.25) is 0 Å². The number of hydrogen-bond acceptors (Lipinski definition) is 4. The maximum Gasteiger partial charge on any atom is 0.268 e. The van der Waals surface area contributed by atoms with Gasteiger partial charge in [0.1, 0.15) is 5.82 Å². The van der Waals surface area contributed by atoms with Crippen LogP contribution in [0, 0.1) is 12.7 Å². The Balaban J connectivity index is 1.94. The van der Waals surface area contributed by atoms with Gasteiger partial charge >= 0.3 is 0 Å². The number of halogens is 1. The molecule has 2 aromatic carbocycles. The molecule has 0 aliphatic carbocycles. The molecule has 0 aromatic heterocycles. The highest BCUT2D eigenvalue weighted by molar-refractivity contribution is 7.93. The number of hydrogen-bond donors (Lipinski definition) is 0. The van der Waals surface area contributed by atoms with Crippen LogP contribution in [-0.4, -0.2) is 27.9 Å². The van der Waals surface area contributed by atoms with Gasteiger partial charge in [-0.2, -0.15) is 0 Å². The van der Waals surface area contributed by atoms with E-state index in [1.165, 1.54) is 30.3 Å². The zero-order valence-electron chi connectivity index (χ0n) is 15.8. The second-order valence-electron chi connectivity index (χ2n) is 6.69. The molecule has 7 heteroatoms. The average Bonchev–Trinajstić information content (AvgIpc) is 2.70. The predicted molar refractivity (Wildman–Crippen MR) is 106 cm³/mol. The van der Waals surface area contributed by atoms with Crippen molar-refractivity contribution >= 4 is 15.7 Å². The number of nitrogens with zero attached hydrogens (tertiary/aromatic N) is 1. The lowest BCUT2D eigenvalue weighted by Crippen LogP contribution is -2.34. The van der Waals surface area contributed by atoms with Gasteiger partial charge in [-0.25, -0.2) is 17.1 Å². The summed E-state index contributed by atoms with van der Waals surface area (Å²) in [4.78, 5) is 0.0914. The van der Waals surface area contributed by atoms with E-state index in [0.717, 1.165) is 23.6 Å². The molecule has 1 aliphatic heterocycles. The molecule has 1 saturated heterocycles. The Labute approximate surface area is 165 Å². The fourth-order valence-electron chi connectivity index (χ4n) is 3.06. The molecule has 1 atom stereocenters. The van der Waals surface area contributed by atoms with Gasteiger partial charge < -0.3 is 9.47 Å². The lowest BCUT2D eigenvalue weighted by atomic mass is 10.2. The minimum absolute atomic E-state index is 0.0489. The number of aryl methyl sites for hydroxylation is 1. The number of anilines is 1. The molecule has 1 fully saturated rings. The highest BCUT2D eigenvalue weighted by Gasteiger charge is 2.29. The monoisotopic (exact) mass is 405 g/mol. The van der Waals surface area contributed by atoms with Gasteiger partial charge in [0.05, 0.1) is 22.9 Å². The van der Waals surface area contributed by atoms with E-state index in [9.17, 15) is 12.8 Å². The molecule has 2 aromatic rings. The van der Waals surface area contributed by atoms with Gasteiger partial charge in [0.2, 0.25) is 0 Å². The summed E-state index contributed by atoms with van der Waals surface area (Å²) < 4.78 is 52.9. The molecule has 5 nitrogen and oxygen atoms in total. The number of ether oxygens (including phenoxy) is 2. The Hall–Kier alpha value is -2.22. The fraction of sp³-hybridized carbons (Fsp3) is 0.333. The minimum atomic E-state index is -4.00. The topological polar surface area (TPSA) is 55.8 Å². The van der Waals surface area contributed by atoms with E-state index in [-0.39, 0.29) is 29.2 Å². The van der Waals surface area contributed by atoms with Gasteiger partial charge in [-0.05, 0) is 56.0 Å². The Kier molecular flexibility index (Phi) is 6.49. The van der Waals surface area contributed by atoms with Crippen LogP contribution >= 0.6 is 0 Å². The van der Waals surface area contributed by atoms with Crippen LogP contribution in [0.1, 0.15) is 24.8 Å². The first-order valence-corrected chi connectivity index (χ1v) is 10.6. The first-order valence-electron chi connectivity index (χ1n) is 9.17. The summed E-state index contributed by atoms with van der Waals surface area (Å²) in [7, 11) is -4.00. The Bertz CT molecular complexity index is 925. The molecule has 3 rings (SSSR count). The van der Waals surface area contributed by atoms with Crippen molar-refractivity contribution in [1.82, 2.24) is 0 Å². The van der Waals surface area contributed by atoms with Crippen LogP contribution in [0.5, 0.6) is 0 Å². The van der Waals surface area contributed by atoms with Crippen LogP contribution in [0.25, 0.3) is 0 Å². The van der Waals surface area contributed by atoms with Crippen molar-refractivity contribution in [2.24, 2.45) is 0 Å². The summed E-state index contributed by atoms with van der Waals surface area (Å²) in [6.07, 6.45) is 2.34. The van der Waals surface area contributed by atoms with Gasteiger partial charge in [0, 0.05) is 6.61 Å². The first kappa shape index (κ1) is 20.5. The van der Waals surface area contributed by atoms with Crippen molar-refractivity contribution in [3.8, 4) is 0 Å². The number of sulfonamides is 1. The molecular weight excluding hydrogens is 381 g/mol. The molecule has 0 spiro atoms. The third-order valence-corrected chi connectivity index (χ3v) is 6.34. The Morgan fingerprint density at radius 2 is 2.00 bits per heavy atom. The van der Waals surface area contributed by atoms with E-state index in [1.807, 2.05) is 0 Å². The lowest BCUT2D eigenvalue weighted by molar-refractivity contribution is -0.156. The van der Waals surface area contributed by atoms with Crippen LogP contribution in [0.15, 0.2) is 65.7 Å². The van der Waals surface area contributed by atoms with Gasteiger partial charge in [0.25, 0.3) is 10.0 Å². The average molecular weight is 405 g/mol. The third kappa shape index (κ3) is 4.60. The maximum atomic E-state index is 13.9. The molecule has 0 radical (unpaired) electrons. The van der Waals surface area contributed by atoms with Gasteiger partial charge in [0.15, 0.2) is 6.29 Å². The highest BCUT2D eigenvalue weighted by Crippen LogP contribution is 2.31. The van der Waals surface area contributed by atoms with Crippen molar-refractivity contribution in [2.45, 2.75) is 37.4 Å². The van der Waals surface area contributed by atoms with Gasteiger partial charge in [-0.15, -0.1) is 0 Å². The van der Waals surface area contributed by atoms with Crippen molar-refractivity contribution in [1.29, 1.82) is 0 Å². The smallest absolute Gasteiger partial charge is 0.268 e. The van der Waals surface area contributed by atoms with Gasteiger partial charge in [-0.1, -0.05) is 30.8 Å². The Morgan fingerprint density at radius 1 is 1.25 bits per heavy atom.